The second-order valence-corrected chi connectivity index (χ2v) is 6.99. The molecule has 1 atom stereocenters. The van der Waals surface area contributed by atoms with Crippen molar-refractivity contribution in [1.29, 1.82) is 0 Å². The number of aromatic nitrogens is 3. The highest BCUT2D eigenvalue weighted by Crippen LogP contribution is 2.28. The first-order chi connectivity index (χ1) is 9.22. The number of fused-ring (bicyclic) bond motifs is 1. The predicted octanol–water partition coefficient (Wildman–Crippen LogP) is 3.01. The fraction of sp³-hybridized carbons (Fsp3) is 0.462. The van der Waals surface area contributed by atoms with Crippen molar-refractivity contribution in [2.45, 2.75) is 32.7 Å². The summed E-state index contributed by atoms with van der Waals surface area (Å²) in [5.41, 5.74) is 6.18. The summed E-state index contributed by atoms with van der Waals surface area (Å²) in [5.74, 6) is 0.311. The first kappa shape index (κ1) is 15.3. The Morgan fingerprint density at radius 3 is 2.80 bits per heavy atom. The summed E-state index contributed by atoms with van der Waals surface area (Å²) in [5, 5.41) is -0.286. The molecule has 0 aliphatic rings. The van der Waals surface area contributed by atoms with E-state index in [0.29, 0.717) is 18.0 Å². The van der Waals surface area contributed by atoms with E-state index in [1.165, 1.54) is 0 Å². The average Bonchev–Trinajstić information content (AvgIpc) is 2.66. The van der Waals surface area contributed by atoms with Gasteiger partial charge in [-0.15, -0.1) is 11.6 Å². The molecule has 5 nitrogen and oxygen atoms in total. The number of imidazole rings is 1. The van der Waals surface area contributed by atoms with Crippen LogP contribution >= 0.6 is 27.5 Å². The third-order valence-corrected chi connectivity index (χ3v) is 3.79. The van der Waals surface area contributed by atoms with E-state index >= 15 is 0 Å². The van der Waals surface area contributed by atoms with Crippen LogP contribution in [0.25, 0.3) is 11.2 Å². The maximum Gasteiger partial charge on any atom is 0.224 e. The Kier molecular flexibility index (Phi) is 4.07. The molecule has 0 saturated carbocycles. The van der Waals surface area contributed by atoms with Gasteiger partial charge in [-0.3, -0.25) is 4.79 Å². The molecule has 0 aromatic carbocycles. The first-order valence-corrected chi connectivity index (χ1v) is 7.41. The van der Waals surface area contributed by atoms with E-state index in [2.05, 4.69) is 25.9 Å². The van der Waals surface area contributed by atoms with Crippen molar-refractivity contribution >= 4 is 44.6 Å². The summed E-state index contributed by atoms with van der Waals surface area (Å²) >= 11 is 9.56. The van der Waals surface area contributed by atoms with E-state index in [1.54, 1.807) is 20.0 Å². The van der Waals surface area contributed by atoms with Crippen LogP contribution in [0.4, 0.5) is 0 Å². The second-order valence-electron chi connectivity index (χ2n) is 5.42. The number of primary amides is 1. The molecule has 108 valence electrons. The van der Waals surface area contributed by atoms with Gasteiger partial charge in [-0.25, -0.2) is 9.97 Å². The molecule has 0 radical (unpaired) electrons. The molecule has 2 aromatic rings. The number of amides is 1. The van der Waals surface area contributed by atoms with Gasteiger partial charge < -0.3 is 10.3 Å². The highest BCUT2D eigenvalue weighted by Gasteiger charge is 2.29. The molecule has 1 unspecified atom stereocenters. The van der Waals surface area contributed by atoms with Crippen LogP contribution in [0.5, 0.6) is 0 Å². The molecule has 2 aromatic heterocycles. The summed E-state index contributed by atoms with van der Waals surface area (Å²) < 4.78 is 2.71. The minimum Gasteiger partial charge on any atom is -0.369 e. The molecule has 20 heavy (non-hydrogen) atoms. The Morgan fingerprint density at radius 2 is 2.25 bits per heavy atom. The molecule has 7 heteroatoms. The Morgan fingerprint density at radius 1 is 1.60 bits per heavy atom. The van der Waals surface area contributed by atoms with Gasteiger partial charge >= 0.3 is 0 Å². The zero-order chi connectivity index (χ0) is 15.1. The number of nitrogens with zero attached hydrogens (tertiary/aromatic N) is 3. The minimum atomic E-state index is -0.705. The van der Waals surface area contributed by atoms with Crippen LogP contribution in [0.15, 0.2) is 16.7 Å². The quantitative estimate of drug-likeness (QED) is 0.853. The second kappa shape index (κ2) is 5.33. The van der Waals surface area contributed by atoms with Gasteiger partial charge in [0.1, 0.15) is 11.3 Å². The molecule has 0 aliphatic heterocycles. The summed E-state index contributed by atoms with van der Waals surface area (Å²) in [7, 11) is 0. The Labute approximate surface area is 130 Å². The van der Waals surface area contributed by atoms with Crippen molar-refractivity contribution in [2.75, 3.05) is 0 Å². The molecule has 2 heterocycles. The van der Waals surface area contributed by atoms with Gasteiger partial charge in [-0.05, 0) is 42.8 Å². The van der Waals surface area contributed by atoms with Crippen LogP contribution in [0.1, 0.15) is 32.0 Å². The smallest absolute Gasteiger partial charge is 0.224 e. The highest BCUT2D eigenvalue weighted by atomic mass is 79.9. The minimum absolute atomic E-state index is 0.286. The lowest BCUT2D eigenvalue weighted by atomic mass is 9.92. The molecule has 0 aliphatic carbocycles. The first-order valence-electron chi connectivity index (χ1n) is 6.18. The molecule has 2 rings (SSSR count). The number of halogens is 2. The van der Waals surface area contributed by atoms with Crippen LogP contribution in [-0.4, -0.2) is 20.4 Å². The summed E-state index contributed by atoms with van der Waals surface area (Å²) in [6.07, 6.45) is 1.69. The summed E-state index contributed by atoms with van der Waals surface area (Å²) in [4.78, 5) is 20.4. The molecule has 1 amide bonds. The number of carbonyl (C=O) groups excluding carboxylic acids is 1. The van der Waals surface area contributed by atoms with Gasteiger partial charge in [0, 0.05) is 17.2 Å². The molecular weight excluding hydrogens is 344 g/mol. The fourth-order valence-electron chi connectivity index (χ4n) is 1.94. The predicted molar refractivity (Wildman–Crippen MR) is 82.5 cm³/mol. The lowest BCUT2D eigenvalue weighted by molar-refractivity contribution is -0.126. The van der Waals surface area contributed by atoms with Crippen molar-refractivity contribution in [3.8, 4) is 0 Å². The molecule has 2 N–H and O–H groups in total. The van der Waals surface area contributed by atoms with Gasteiger partial charge in [0.2, 0.25) is 5.91 Å². The number of hydrogen-bond acceptors (Lipinski definition) is 3. The maximum absolute atomic E-state index is 11.5. The maximum atomic E-state index is 11.5. The Bertz CT molecular complexity index is 666. The van der Waals surface area contributed by atoms with Crippen LogP contribution in [-0.2, 0) is 11.3 Å². The van der Waals surface area contributed by atoms with Gasteiger partial charge in [0.15, 0.2) is 5.65 Å². The summed E-state index contributed by atoms with van der Waals surface area (Å²) in [6.45, 7) is 5.82. The van der Waals surface area contributed by atoms with Crippen molar-refractivity contribution in [1.82, 2.24) is 14.5 Å². The van der Waals surface area contributed by atoms with E-state index in [1.807, 2.05) is 17.6 Å². The molecule has 0 saturated heterocycles. The topological polar surface area (TPSA) is 73.8 Å². The monoisotopic (exact) mass is 358 g/mol. The van der Waals surface area contributed by atoms with Crippen LogP contribution in [0.2, 0.25) is 0 Å². The van der Waals surface area contributed by atoms with Crippen molar-refractivity contribution < 1.29 is 4.79 Å². The van der Waals surface area contributed by atoms with E-state index in [9.17, 15) is 4.79 Å². The Balaban J connectivity index is 2.60. The van der Waals surface area contributed by atoms with Crippen LogP contribution < -0.4 is 5.73 Å². The largest absolute Gasteiger partial charge is 0.369 e. The van der Waals surface area contributed by atoms with Crippen molar-refractivity contribution in [3.05, 3.63) is 22.6 Å². The number of nitrogens with two attached hydrogens (primary N) is 1. The number of carbonyl (C=O) groups is 1. The lowest BCUT2D eigenvalue weighted by Crippen LogP contribution is -2.35. The molecule has 0 bridgehead atoms. The third kappa shape index (κ3) is 2.81. The number of rotatable bonds is 4. The standard InChI is InChI=1S/C13H16BrClN4O/c1-7(15)10-18-9-4-8(14)5-17-11(9)19(10)6-13(2,3)12(16)20/h4-5,7H,6H2,1-3H3,(H2,16,20). The van der Waals surface area contributed by atoms with E-state index in [0.717, 1.165) is 9.99 Å². The lowest BCUT2D eigenvalue weighted by Gasteiger charge is -2.22. The number of hydrogen-bond donors (Lipinski definition) is 1. The van der Waals surface area contributed by atoms with Gasteiger partial charge in [-0.1, -0.05) is 0 Å². The summed E-state index contributed by atoms with van der Waals surface area (Å²) in [6, 6.07) is 1.87. The average molecular weight is 360 g/mol. The molecular formula is C13H16BrClN4O. The van der Waals surface area contributed by atoms with Gasteiger partial charge in [-0.2, -0.15) is 0 Å². The number of alkyl halides is 1. The van der Waals surface area contributed by atoms with Gasteiger partial charge in [0.25, 0.3) is 0 Å². The van der Waals surface area contributed by atoms with E-state index in [-0.39, 0.29) is 11.3 Å². The van der Waals surface area contributed by atoms with Crippen LogP contribution in [0, 0.1) is 5.41 Å². The molecule has 0 spiro atoms. The third-order valence-electron chi connectivity index (χ3n) is 3.16. The van der Waals surface area contributed by atoms with E-state index < -0.39 is 5.41 Å². The molecule has 0 fully saturated rings. The van der Waals surface area contributed by atoms with Gasteiger partial charge in [0.05, 0.1) is 10.8 Å². The van der Waals surface area contributed by atoms with Crippen molar-refractivity contribution in [3.63, 3.8) is 0 Å². The highest BCUT2D eigenvalue weighted by molar-refractivity contribution is 9.10. The Hall–Kier alpha value is -1.14. The fourth-order valence-corrected chi connectivity index (χ4v) is 2.42. The number of pyridine rings is 1. The zero-order valence-electron chi connectivity index (χ0n) is 11.5. The zero-order valence-corrected chi connectivity index (χ0v) is 13.9. The van der Waals surface area contributed by atoms with Crippen LogP contribution in [0.3, 0.4) is 0 Å². The van der Waals surface area contributed by atoms with Crippen molar-refractivity contribution in [2.24, 2.45) is 11.1 Å². The normalized spacial score (nSPS) is 13.7. The SMILES string of the molecule is CC(Cl)c1nc2cc(Br)cnc2n1CC(C)(C)C(N)=O. The van der Waals surface area contributed by atoms with E-state index in [4.69, 9.17) is 17.3 Å².